The molecule has 7 heterocycles. The van der Waals surface area contributed by atoms with Crippen LogP contribution in [0.3, 0.4) is 0 Å². The van der Waals surface area contributed by atoms with Crippen LogP contribution in [0.4, 0.5) is 0 Å². The Balaban J connectivity index is 0.792. The summed E-state index contributed by atoms with van der Waals surface area (Å²) in [5.41, 5.74) is -9.51. The standard InChI is InChI=1S/C72H114O37/c1-28(75)18-30-41(79)51(106-60-47(85)44(82)43(81)35(21-73)101-60)36(24-97-57-49(87)50(34(78)23-95-57)105-58-46(84)42(80)33(77)22-96-58)102-56(30)103-39-13-14-67(7)37(66(39,5)6)12-15-68(8)38(67)11-10-31-32-19-65(3,4)16-17-72(32,54(89)53(88)69(31,68)9)64(92)109-61-52(45(83)48(86)59(108-61)100-29(2)76)107-62-55(90)71(94,27-99-62)26-98-40-20-70(93,25-74)63(91)104-40/h10,30,32-63,73-74,77-91,93-94H,11-27H2,1-9H3/t30-,32?,33-,34+,35-,36-,37?,38?,39+,40+,41-,42+,43-,44+,45+,46-,47-,48+,49-,50+,51?,52-,53+,54-,55+,56+,57+,58+,59+,60+,61+,62+,63+,67+,68-,69+,70+,71-,72-/m1/s1. The molecule has 19 N–H and O–H groups in total. The average Bonchev–Trinajstić information content (AvgIpc) is 0.970. The molecule has 624 valence electrons. The maximum atomic E-state index is 15.8. The van der Waals surface area contributed by atoms with Gasteiger partial charge in [0.2, 0.25) is 12.6 Å². The molecule has 12 rings (SSSR count). The van der Waals surface area contributed by atoms with Crippen molar-refractivity contribution in [2.75, 3.05) is 46.2 Å². The van der Waals surface area contributed by atoms with E-state index in [1.54, 1.807) is 0 Å². The van der Waals surface area contributed by atoms with Gasteiger partial charge in [0, 0.05) is 31.1 Å². The lowest BCUT2D eigenvalue weighted by atomic mass is 9.32. The largest absolute Gasteiger partial charge is 0.433 e. The van der Waals surface area contributed by atoms with Crippen molar-refractivity contribution in [3.8, 4) is 0 Å². The van der Waals surface area contributed by atoms with E-state index in [1.165, 1.54) is 6.92 Å². The number of carbonyl (C=O) groups excluding carboxylic acids is 3. The van der Waals surface area contributed by atoms with E-state index in [0.717, 1.165) is 6.92 Å². The molecule has 37 heteroatoms. The summed E-state index contributed by atoms with van der Waals surface area (Å²) in [6.45, 7) is 11.8. The van der Waals surface area contributed by atoms with Gasteiger partial charge in [-0.25, -0.2) is 0 Å². The predicted octanol–water partition coefficient (Wildman–Crippen LogP) is -5.95. The van der Waals surface area contributed by atoms with Gasteiger partial charge in [-0.1, -0.05) is 60.1 Å². The summed E-state index contributed by atoms with van der Waals surface area (Å²) in [4.78, 5) is 41.6. The van der Waals surface area contributed by atoms with Crippen LogP contribution in [0.2, 0.25) is 0 Å². The highest BCUT2D eigenvalue weighted by Gasteiger charge is 2.75. The third-order valence-corrected chi connectivity index (χ3v) is 27.1. The second kappa shape index (κ2) is 31.8. The number of carbonyl (C=O) groups is 3. The molecule has 0 aromatic carbocycles. The first-order chi connectivity index (χ1) is 51.0. The number of fused-ring (bicyclic) bond motifs is 7. The number of rotatable bonds is 21. The number of aliphatic hydroxyl groups excluding tert-OH is 17. The van der Waals surface area contributed by atoms with Gasteiger partial charge < -0.3 is 168 Å². The van der Waals surface area contributed by atoms with Gasteiger partial charge in [0.25, 0.3) is 0 Å². The van der Waals surface area contributed by atoms with Crippen molar-refractivity contribution in [1.82, 2.24) is 0 Å². The van der Waals surface area contributed by atoms with E-state index in [-0.39, 0.29) is 24.7 Å². The molecule has 5 aliphatic carbocycles. The van der Waals surface area contributed by atoms with Crippen LogP contribution < -0.4 is 0 Å². The number of hydrogen-bond acceptors (Lipinski definition) is 37. The van der Waals surface area contributed by atoms with Gasteiger partial charge >= 0.3 is 11.9 Å². The van der Waals surface area contributed by atoms with Gasteiger partial charge in [0.1, 0.15) is 114 Å². The molecule has 39 atom stereocenters. The van der Waals surface area contributed by atoms with Gasteiger partial charge in [-0.15, -0.1) is 0 Å². The van der Waals surface area contributed by atoms with Crippen molar-refractivity contribution in [3.05, 3.63) is 11.6 Å². The molecule has 0 aromatic heterocycles. The van der Waals surface area contributed by atoms with Crippen LogP contribution in [0.25, 0.3) is 0 Å². The van der Waals surface area contributed by atoms with Gasteiger partial charge in [0.15, 0.2) is 50.1 Å². The summed E-state index contributed by atoms with van der Waals surface area (Å²) in [6.07, 6.45) is -46.2. The minimum atomic E-state index is -2.31. The van der Waals surface area contributed by atoms with E-state index in [1.807, 2.05) is 20.8 Å². The molecule has 4 unspecified atom stereocenters. The maximum Gasteiger partial charge on any atom is 0.317 e. The summed E-state index contributed by atoms with van der Waals surface area (Å²) >= 11 is 0. The second-order valence-corrected chi connectivity index (χ2v) is 34.7. The van der Waals surface area contributed by atoms with Crippen LogP contribution >= 0.6 is 0 Å². The van der Waals surface area contributed by atoms with E-state index < -0.39 is 305 Å². The molecule has 0 aromatic rings. The van der Waals surface area contributed by atoms with Crippen LogP contribution in [0.1, 0.15) is 127 Å². The van der Waals surface area contributed by atoms with E-state index in [0.29, 0.717) is 50.5 Å². The molecule has 109 heavy (non-hydrogen) atoms. The molecule has 11 fully saturated rings. The van der Waals surface area contributed by atoms with E-state index in [9.17, 15) is 107 Å². The molecule has 0 radical (unpaired) electrons. The van der Waals surface area contributed by atoms with Crippen LogP contribution in [0, 0.1) is 56.2 Å². The fraction of sp³-hybridized carbons (Fsp3) is 0.931. The van der Waals surface area contributed by atoms with Crippen molar-refractivity contribution < 1.29 is 182 Å². The van der Waals surface area contributed by atoms with Crippen molar-refractivity contribution in [2.45, 2.75) is 316 Å². The van der Waals surface area contributed by atoms with Gasteiger partial charge in [-0.2, -0.15) is 0 Å². The van der Waals surface area contributed by atoms with Crippen molar-refractivity contribution in [3.63, 3.8) is 0 Å². The Hall–Kier alpha value is -2.93. The Kier molecular flexibility index (Phi) is 25.0. The Morgan fingerprint density at radius 1 is 0.532 bits per heavy atom. The van der Waals surface area contributed by atoms with Crippen LogP contribution in [0.5, 0.6) is 0 Å². The van der Waals surface area contributed by atoms with E-state index in [2.05, 4.69) is 33.8 Å². The summed E-state index contributed by atoms with van der Waals surface area (Å²) in [5.74, 6) is -4.95. The number of Topliss-reactive ketones (excluding diaryl/α,β-unsaturated/α-hetero) is 1. The zero-order valence-corrected chi connectivity index (χ0v) is 62.5. The minimum Gasteiger partial charge on any atom is -0.433 e. The fourth-order valence-electron chi connectivity index (χ4n) is 20.5. The second-order valence-electron chi connectivity index (χ2n) is 34.7. The Labute approximate surface area is 628 Å². The van der Waals surface area contributed by atoms with Crippen molar-refractivity contribution >= 4 is 17.7 Å². The molecule has 12 aliphatic rings. The smallest absolute Gasteiger partial charge is 0.317 e. The number of allylic oxidation sites excluding steroid dienone is 1. The summed E-state index contributed by atoms with van der Waals surface area (Å²) in [5, 5.41) is 212. The lowest BCUT2D eigenvalue weighted by Crippen LogP contribution is -2.73. The topological polar surface area (TPSA) is 574 Å². The van der Waals surface area contributed by atoms with Gasteiger partial charge in [0.05, 0.1) is 70.7 Å². The molecular formula is C72H114O37. The molecule has 4 saturated carbocycles. The summed E-state index contributed by atoms with van der Waals surface area (Å²) in [6, 6.07) is 0. The molecule has 37 nitrogen and oxygen atoms in total. The lowest BCUT2D eigenvalue weighted by Gasteiger charge is -2.72. The van der Waals surface area contributed by atoms with E-state index >= 15 is 4.79 Å². The van der Waals surface area contributed by atoms with Crippen molar-refractivity contribution in [2.24, 2.45) is 56.2 Å². The van der Waals surface area contributed by atoms with Gasteiger partial charge in [-0.3, -0.25) is 14.3 Å². The highest BCUT2D eigenvalue weighted by Crippen LogP contribution is 2.76. The fourth-order valence-corrected chi connectivity index (χ4v) is 20.5. The molecule has 0 bridgehead atoms. The van der Waals surface area contributed by atoms with E-state index in [4.69, 9.17) is 71.1 Å². The number of ketones is 1. The monoisotopic (exact) mass is 1570 g/mol. The number of aliphatic hydroxyl groups is 19. The molecule has 0 spiro atoms. The zero-order chi connectivity index (χ0) is 79.7. The minimum absolute atomic E-state index is 0.0480. The third-order valence-electron chi connectivity index (χ3n) is 27.1. The Morgan fingerprint density at radius 2 is 1.18 bits per heavy atom. The maximum absolute atomic E-state index is 15.8. The van der Waals surface area contributed by atoms with Gasteiger partial charge in [-0.05, 0) is 97.7 Å². The number of esters is 2. The average molecular weight is 1570 g/mol. The number of ether oxygens (including phenoxy) is 15. The molecule has 0 amide bonds. The highest BCUT2D eigenvalue weighted by atomic mass is 16.8. The molecule has 7 aliphatic heterocycles. The quantitative estimate of drug-likeness (QED) is 0.0289. The molecular weight excluding hydrogens is 1460 g/mol. The summed E-state index contributed by atoms with van der Waals surface area (Å²) < 4.78 is 88.7. The zero-order valence-electron chi connectivity index (χ0n) is 62.5. The third kappa shape index (κ3) is 15.1. The first-order valence-corrected chi connectivity index (χ1v) is 37.7. The SMILES string of the molecule is CC(=O)C[C@H]1[C@H](O[C@H]2CC[C@@]3(C)C(CC[C@]4(C)C3CC=C3C5CC(C)(C)CC[C@]5(C(=O)O[C@@H]5O[C@H](OC(C)=O)[C@@H](O)[C@H](O)[C@H]5O[C@@H]5OC[C@](O)(CO[C@@H]6C[C@](O)(CO)[C@@H](O)O6)[C@H]5O)[C@H](O)[C@H](O)[C@]34C)C2(C)C)O[C@H](CO[C@@H]2OC[C@H](O)[C@H](O[C@@H]3OC[C@@H](O)[C@H](O)[C@H]3O)[C@H]2O)C(O[C@@H]2O[C@H](CO)[C@@H](O)[C@H](O)[C@H]2O)[C@@H]1O. The first-order valence-electron chi connectivity index (χ1n) is 37.7. The normalized spacial score (nSPS) is 52.4. The number of hydrogen-bond donors (Lipinski definition) is 19. The Bertz CT molecular complexity index is 3220. The lowest BCUT2D eigenvalue weighted by molar-refractivity contribution is -0.370. The first kappa shape index (κ1) is 85.4. The highest BCUT2D eigenvalue weighted by molar-refractivity contribution is 5.80. The molecule has 7 saturated heterocycles. The van der Waals surface area contributed by atoms with Crippen molar-refractivity contribution in [1.29, 1.82) is 0 Å². The van der Waals surface area contributed by atoms with Crippen LogP contribution in [-0.2, 0) is 85.4 Å². The Morgan fingerprint density at radius 3 is 1.85 bits per heavy atom. The van der Waals surface area contributed by atoms with Crippen LogP contribution in [-0.4, -0.2) is 351 Å². The van der Waals surface area contributed by atoms with Crippen LogP contribution in [0.15, 0.2) is 11.6 Å². The summed E-state index contributed by atoms with van der Waals surface area (Å²) in [7, 11) is 0. The predicted molar refractivity (Wildman–Crippen MR) is 357 cm³/mol.